The maximum atomic E-state index is 12.8. The second-order valence-corrected chi connectivity index (χ2v) is 6.89. The molecule has 0 bridgehead atoms. The Hall–Kier alpha value is -1.00. The summed E-state index contributed by atoms with van der Waals surface area (Å²) in [7, 11) is 1.21. The number of hydrogen-bond acceptors (Lipinski definition) is 6. The molecule has 2 atom stereocenters. The second kappa shape index (κ2) is 6.41. The van der Waals surface area contributed by atoms with Gasteiger partial charge in [-0.1, -0.05) is 0 Å². The zero-order chi connectivity index (χ0) is 15.6. The highest BCUT2D eigenvalue weighted by Crippen LogP contribution is 2.26. The Kier molecular flexibility index (Phi) is 4.99. The number of aromatic amines is 1. The largest absolute Gasteiger partial charge is 0.377 e. The van der Waals surface area contributed by atoms with Crippen LogP contribution in [0, 0.1) is 6.92 Å². The van der Waals surface area contributed by atoms with Gasteiger partial charge in [-0.25, -0.2) is 8.42 Å². The fraction of sp³-hybridized carbons (Fsp3) is 0.750. The first-order valence-corrected chi connectivity index (χ1v) is 8.13. The van der Waals surface area contributed by atoms with E-state index in [-0.39, 0.29) is 30.3 Å². The van der Waals surface area contributed by atoms with Crippen molar-refractivity contribution in [3.8, 4) is 0 Å². The van der Waals surface area contributed by atoms with E-state index in [0.717, 1.165) is 5.69 Å². The Balaban J connectivity index is 2.31. The van der Waals surface area contributed by atoms with Gasteiger partial charge in [0.05, 0.1) is 12.2 Å². The molecule has 2 N–H and O–H groups in total. The number of H-pyrrole nitrogens is 1. The van der Waals surface area contributed by atoms with Gasteiger partial charge in [0.15, 0.2) is 5.03 Å². The molecule has 0 radical (unpaired) electrons. The van der Waals surface area contributed by atoms with Gasteiger partial charge in [-0.3, -0.25) is 5.10 Å². The number of sulfonamides is 1. The fourth-order valence-electron chi connectivity index (χ4n) is 2.51. The third kappa shape index (κ3) is 2.97. The van der Waals surface area contributed by atoms with Crippen molar-refractivity contribution in [1.82, 2.24) is 19.8 Å². The summed E-state index contributed by atoms with van der Waals surface area (Å²) in [5, 5.41) is 9.75. The van der Waals surface area contributed by atoms with E-state index in [9.17, 15) is 8.42 Å². The van der Waals surface area contributed by atoms with E-state index in [1.807, 2.05) is 0 Å². The summed E-state index contributed by atoms with van der Waals surface area (Å²) < 4.78 is 37.5. The number of rotatable bonds is 6. The molecule has 2 rings (SSSR count). The average molecular weight is 318 g/mol. The molecule has 120 valence electrons. The fourth-order valence-corrected chi connectivity index (χ4v) is 4.14. The first-order valence-electron chi connectivity index (χ1n) is 6.69. The maximum absolute atomic E-state index is 12.8. The van der Waals surface area contributed by atoms with Crippen molar-refractivity contribution in [3.63, 3.8) is 0 Å². The first-order chi connectivity index (χ1) is 9.95. The molecule has 1 aliphatic rings. The number of aryl methyl sites for hydroxylation is 1. The van der Waals surface area contributed by atoms with Crippen LogP contribution in [0.25, 0.3) is 0 Å². The summed E-state index contributed by atoms with van der Waals surface area (Å²) in [6.07, 6.45) is -0.532. The molecule has 8 nitrogen and oxygen atoms in total. The second-order valence-electron chi connectivity index (χ2n) is 5.03. The van der Waals surface area contributed by atoms with Gasteiger partial charge >= 0.3 is 0 Å². The number of aromatic nitrogens is 2. The van der Waals surface area contributed by atoms with Gasteiger partial charge in [0.25, 0.3) is 10.0 Å². The van der Waals surface area contributed by atoms with E-state index in [0.29, 0.717) is 12.1 Å². The maximum Gasteiger partial charge on any atom is 0.262 e. The number of nitrogens with zero attached hydrogens (tertiary/aromatic N) is 2. The zero-order valence-electron chi connectivity index (χ0n) is 12.7. The molecule has 1 aromatic rings. The number of nitrogens with one attached hydrogen (secondary N) is 2. The van der Waals surface area contributed by atoms with Gasteiger partial charge in [0.2, 0.25) is 0 Å². The minimum atomic E-state index is -3.67. The van der Waals surface area contributed by atoms with Crippen LogP contribution in [0.1, 0.15) is 11.3 Å². The van der Waals surface area contributed by atoms with Crippen molar-refractivity contribution in [2.24, 2.45) is 0 Å². The van der Waals surface area contributed by atoms with Gasteiger partial charge in [0.1, 0.15) is 0 Å². The zero-order valence-corrected chi connectivity index (χ0v) is 13.5. The molecule has 0 saturated carbocycles. The van der Waals surface area contributed by atoms with E-state index in [2.05, 4.69) is 15.5 Å². The Bertz CT molecular complexity index is 574. The van der Waals surface area contributed by atoms with Crippen molar-refractivity contribution in [2.45, 2.75) is 30.7 Å². The van der Waals surface area contributed by atoms with Gasteiger partial charge < -0.3 is 14.8 Å². The summed E-state index contributed by atoms with van der Waals surface area (Å²) in [6, 6.07) is 0. The summed E-state index contributed by atoms with van der Waals surface area (Å²) in [6.45, 7) is 2.77. The molecule has 1 saturated heterocycles. The van der Waals surface area contributed by atoms with Crippen LogP contribution >= 0.6 is 0 Å². The molecule has 2 unspecified atom stereocenters. The van der Waals surface area contributed by atoms with Crippen molar-refractivity contribution < 1.29 is 17.9 Å². The number of methoxy groups -OCH3 is 2. The number of ether oxygens (including phenoxy) is 2. The first kappa shape index (κ1) is 16.4. The lowest BCUT2D eigenvalue weighted by molar-refractivity contribution is -0.00461. The lowest BCUT2D eigenvalue weighted by Crippen LogP contribution is -2.31. The molecule has 0 aromatic carbocycles. The Morgan fingerprint density at radius 2 is 1.90 bits per heavy atom. The summed E-state index contributed by atoms with van der Waals surface area (Å²) in [5.41, 5.74) is 1.40. The minimum Gasteiger partial charge on any atom is -0.377 e. The van der Waals surface area contributed by atoms with Crippen LogP contribution in [0.5, 0.6) is 0 Å². The van der Waals surface area contributed by atoms with Gasteiger partial charge in [-0.2, -0.15) is 9.40 Å². The molecule has 0 aliphatic carbocycles. The summed E-state index contributed by atoms with van der Waals surface area (Å²) >= 11 is 0. The van der Waals surface area contributed by atoms with E-state index < -0.39 is 10.0 Å². The summed E-state index contributed by atoms with van der Waals surface area (Å²) in [4.78, 5) is 0. The van der Waals surface area contributed by atoms with Crippen molar-refractivity contribution in [3.05, 3.63) is 11.3 Å². The van der Waals surface area contributed by atoms with Crippen LogP contribution < -0.4 is 5.32 Å². The molecular weight excluding hydrogens is 296 g/mol. The minimum absolute atomic E-state index is 0.0703. The highest BCUT2D eigenvalue weighted by atomic mass is 32.2. The average Bonchev–Trinajstić information content (AvgIpc) is 3.04. The topological polar surface area (TPSA) is 96.6 Å². The van der Waals surface area contributed by atoms with Crippen molar-refractivity contribution in [1.29, 1.82) is 0 Å². The lowest BCUT2D eigenvalue weighted by atomic mass is 10.3. The van der Waals surface area contributed by atoms with Crippen LogP contribution in [-0.2, 0) is 26.0 Å². The van der Waals surface area contributed by atoms with Crippen LogP contribution in [0.15, 0.2) is 5.03 Å². The smallest absolute Gasteiger partial charge is 0.262 e. The van der Waals surface area contributed by atoms with Crippen LogP contribution in [0.2, 0.25) is 0 Å². The van der Waals surface area contributed by atoms with Gasteiger partial charge in [0, 0.05) is 45.1 Å². The Morgan fingerprint density at radius 1 is 1.33 bits per heavy atom. The standard InChI is InChI=1S/C12H22N4O4S/c1-8-9(5-13-2)12(15-14-8)21(17,18)16-6-10(19-3)11(7-16)20-4/h10-11,13H,5-7H2,1-4H3,(H,14,15). The molecule has 0 amide bonds. The predicted molar refractivity (Wildman–Crippen MR) is 76.4 cm³/mol. The molecule has 2 heterocycles. The van der Waals surface area contributed by atoms with Crippen molar-refractivity contribution >= 4 is 10.0 Å². The number of hydrogen-bond donors (Lipinski definition) is 2. The third-order valence-electron chi connectivity index (χ3n) is 3.76. The molecule has 1 aromatic heterocycles. The molecule has 0 spiro atoms. The molecule has 1 fully saturated rings. The van der Waals surface area contributed by atoms with Gasteiger partial charge in [-0.05, 0) is 14.0 Å². The third-order valence-corrected chi connectivity index (χ3v) is 5.57. The quantitative estimate of drug-likeness (QED) is 0.732. The lowest BCUT2D eigenvalue weighted by Gasteiger charge is -2.15. The highest BCUT2D eigenvalue weighted by molar-refractivity contribution is 7.89. The van der Waals surface area contributed by atoms with Gasteiger partial charge in [-0.15, -0.1) is 0 Å². The molecule has 9 heteroatoms. The van der Waals surface area contributed by atoms with E-state index >= 15 is 0 Å². The predicted octanol–water partition coefficient (Wildman–Crippen LogP) is -0.528. The Morgan fingerprint density at radius 3 is 2.38 bits per heavy atom. The summed E-state index contributed by atoms with van der Waals surface area (Å²) in [5.74, 6) is 0. The SMILES string of the molecule is CNCc1c(S(=O)(=O)N2CC(OC)C(OC)C2)n[nH]c1C. The molecular formula is C12H22N4O4S. The van der Waals surface area contributed by atoms with E-state index in [1.54, 1.807) is 28.2 Å². The highest BCUT2D eigenvalue weighted by Gasteiger charge is 2.41. The van der Waals surface area contributed by atoms with E-state index in [4.69, 9.17) is 9.47 Å². The van der Waals surface area contributed by atoms with Crippen LogP contribution in [0.4, 0.5) is 0 Å². The Labute approximate surface area is 124 Å². The van der Waals surface area contributed by atoms with Crippen LogP contribution in [-0.4, -0.2) is 69.5 Å². The molecule has 21 heavy (non-hydrogen) atoms. The molecule has 1 aliphatic heterocycles. The van der Waals surface area contributed by atoms with E-state index in [1.165, 1.54) is 4.31 Å². The van der Waals surface area contributed by atoms with Crippen molar-refractivity contribution in [2.75, 3.05) is 34.4 Å². The monoisotopic (exact) mass is 318 g/mol. The van der Waals surface area contributed by atoms with Crippen LogP contribution in [0.3, 0.4) is 0 Å². The normalized spacial score (nSPS) is 23.8.